The van der Waals surface area contributed by atoms with Crippen molar-refractivity contribution < 1.29 is 43.3 Å². The van der Waals surface area contributed by atoms with Crippen LogP contribution in [-0.4, -0.2) is 76.2 Å². The summed E-state index contributed by atoms with van der Waals surface area (Å²) in [5.41, 5.74) is -1.13. The first-order valence-corrected chi connectivity index (χ1v) is 20.5. The molecule has 4 aromatic carbocycles. The number of nitrogens with one attached hydrogen (secondary N) is 5. The van der Waals surface area contributed by atoms with Crippen LogP contribution in [-0.2, 0) is 40.7 Å². The van der Waals surface area contributed by atoms with E-state index < -0.39 is 76.6 Å². The van der Waals surface area contributed by atoms with E-state index in [-0.39, 0.29) is 19.3 Å². The first-order valence-electron chi connectivity index (χ1n) is 20.5. The first-order chi connectivity index (χ1) is 29.1. The Bertz CT molecular complexity index is 2050. The Hall–Kier alpha value is -6.70. The minimum atomic E-state index is -1.69. The maximum atomic E-state index is 14.1. The normalized spacial score (nSPS) is 12.8. The Balaban J connectivity index is 1.56. The third-order valence-corrected chi connectivity index (χ3v) is 9.44. The Morgan fingerprint density at radius 1 is 0.597 bits per heavy atom. The van der Waals surface area contributed by atoms with Crippen LogP contribution in [0.25, 0.3) is 0 Å². The van der Waals surface area contributed by atoms with Gasteiger partial charge in [0.15, 0.2) is 0 Å². The zero-order valence-corrected chi connectivity index (χ0v) is 36.7. The predicted molar refractivity (Wildman–Crippen MR) is 235 cm³/mol. The van der Waals surface area contributed by atoms with Crippen molar-refractivity contribution in [3.8, 4) is 5.75 Å². The van der Waals surface area contributed by atoms with Crippen LogP contribution in [0.4, 0.5) is 4.79 Å². The summed E-state index contributed by atoms with van der Waals surface area (Å²) >= 11 is 0. The van der Waals surface area contributed by atoms with Gasteiger partial charge in [0.25, 0.3) is 0 Å². The summed E-state index contributed by atoms with van der Waals surface area (Å²) in [6.45, 7) is 12.9. The van der Waals surface area contributed by atoms with Crippen LogP contribution in [0, 0.1) is 0 Å². The second kappa shape index (κ2) is 20.7. The van der Waals surface area contributed by atoms with Crippen molar-refractivity contribution in [1.82, 2.24) is 26.6 Å². The number of hydrogen-bond donors (Lipinski definition) is 6. The maximum Gasteiger partial charge on any atom is 0.408 e. The van der Waals surface area contributed by atoms with Gasteiger partial charge in [-0.2, -0.15) is 0 Å². The van der Waals surface area contributed by atoms with Gasteiger partial charge in [-0.1, -0.05) is 103 Å². The SMILES string of the molecule is CC(C)(C)OC(=O)N[C@@H](Cc1ccc(OC(C)(C)C)cc1)C(=O)NC(C)(C)C(=O)N[C@@H](CCC(=O)NC(c1ccccc1)(c1ccccc1)c1ccccc1)C(=O)NCC(=O)O. The van der Waals surface area contributed by atoms with E-state index in [1.807, 2.05) is 112 Å². The summed E-state index contributed by atoms with van der Waals surface area (Å²) in [4.78, 5) is 79.8. The Kier molecular flexibility index (Phi) is 16.0. The van der Waals surface area contributed by atoms with Gasteiger partial charge in [0.1, 0.15) is 46.7 Å². The Morgan fingerprint density at radius 3 is 1.55 bits per heavy atom. The number of aliphatic carboxylic acids is 1. The summed E-state index contributed by atoms with van der Waals surface area (Å²) < 4.78 is 11.3. The molecular weight excluding hydrogens is 791 g/mol. The lowest BCUT2D eigenvalue weighted by atomic mass is 9.77. The van der Waals surface area contributed by atoms with Gasteiger partial charge in [-0.25, -0.2) is 4.79 Å². The van der Waals surface area contributed by atoms with Crippen molar-refractivity contribution in [3.05, 3.63) is 138 Å². The number of carbonyl (C=O) groups is 6. The molecule has 14 nitrogen and oxygen atoms in total. The quantitative estimate of drug-likeness (QED) is 0.0673. The lowest BCUT2D eigenvalue weighted by Gasteiger charge is -2.37. The second-order valence-corrected chi connectivity index (χ2v) is 17.4. The number of amides is 5. The highest BCUT2D eigenvalue weighted by Gasteiger charge is 2.39. The molecule has 4 aromatic rings. The van der Waals surface area contributed by atoms with Crippen LogP contribution in [0.5, 0.6) is 5.75 Å². The van der Waals surface area contributed by atoms with E-state index in [9.17, 15) is 33.9 Å². The number of hydrogen-bond acceptors (Lipinski definition) is 8. The van der Waals surface area contributed by atoms with E-state index in [2.05, 4.69) is 26.6 Å². The fourth-order valence-electron chi connectivity index (χ4n) is 6.62. The van der Waals surface area contributed by atoms with E-state index in [4.69, 9.17) is 9.47 Å². The van der Waals surface area contributed by atoms with Crippen molar-refractivity contribution in [1.29, 1.82) is 0 Å². The predicted octanol–water partition coefficient (Wildman–Crippen LogP) is 5.77. The average Bonchev–Trinajstić information content (AvgIpc) is 3.20. The van der Waals surface area contributed by atoms with Crippen LogP contribution in [0.2, 0.25) is 0 Å². The maximum absolute atomic E-state index is 14.1. The van der Waals surface area contributed by atoms with Gasteiger partial charge in [-0.05, 0) is 96.2 Å². The van der Waals surface area contributed by atoms with E-state index in [1.165, 1.54) is 13.8 Å². The van der Waals surface area contributed by atoms with Crippen LogP contribution in [0.1, 0.15) is 90.5 Å². The lowest BCUT2D eigenvalue weighted by molar-refractivity contribution is -0.139. The van der Waals surface area contributed by atoms with E-state index in [1.54, 1.807) is 45.0 Å². The van der Waals surface area contributed by atoms with E-state index >= 15 is 0 Å². The summed E-state index contributed by atoms with van der Waals surface area (Å²) in [5, 5.41) is 22.7. The lowest BCUT2D eigenvalue weighted by Crippen LogP contribution is -2.62. The highest BCUT2D eigenvalue weighted by atomic mass is 16.6. The molecule has 0 unspecified atom stereocenters. The molecule has 14 heteroatoms. The summed E-state index contributed by atoms with van der Waals surface area (Å²) in [6.07, 6.45) is -1.34. The van der Waals surface area contributed by atoms with Crippen molar-refractivity contribution in [2.75, 3.05) is 6.54 Å². The fraction of sp³-hybridized carbons (Fsp3) is 0.375. The molecule has 0 fully saturated rings. The monoisotopic (exact) mass is 849 g/mol. The molecule has 0 aliphatic rings. The molecule has 6 N–H and O–H groups in total. The van der Waals surface area contributed by atoms with Gasteiger partial charge in [-0.3, -0.25) is 24.0 Å². The number of rotatable bonds is 18. The summed E-state index contributed by atoms with van der Waals surface area (Å²) in [7, 11) is 0. The number of carboxylic acid groups (broad SMARTS) is 1. The molecule has 4 rings (SSSR count). The van der Waals surface area contributed by atoms with Gasteiger partial charge < -0.3 is 41.2 Å². The third-order valence-electron chi connectivity index (χ3n) is 9.44. The Morgan fingerprint density at radius 2 is 1.10 bits per heavy atom. The van der Waals surface area contributed by atoms with E-state index in [0.29, 0.717) is 11.3 Å². The molecule has 0 radical (unpaired) electrons. The number of carbonyl (C=O) groups excluding carboxylic acids is 5. The van der Waals surface area contributed by atoms with Crippen molar-refractivity contribution in [2.45, 2.75) is 109 Å². The van der Waals surface area contributed by atoms with Gasteiger partial charge in [0.05, 0.1) is 0 Å². The zero-order valence-electron chi connectivity index (χ0n) is 36.7. The minimum Gasteiger partial charge on any atom is -0.488 e. The number of ether oxygens (including phenoxy) is 2. The summed E-state index contributed by atoms with van der Waals surface area (Å²) in [6, 6.07) is 32.7. The van der Waals surface area contributed by atoms with Crippen LogP contribution < -0.4 is 31.3 Å². The topological polar surface area (TPSA) is 201 Å². The number of alkyl carbamates (subject to hydrolysis) is 1. The molecule has 2 atom stereocenters. The molecule has 0 saturated heterocycles. The Labute approximate surface area is 363 Å². The van der Waals surface area contributed by atoms with E-state index in [0.717, 1.165) is 16.7 Å². The second-order valence-electron chi connectivity index (χ2n) is 17.4. The van der Waals surface area contributed by atoms with Gasteiger partial charge >= 0.3 is 12.1 Å². The zero-order chi connectivity index (χ0) is 45.7. The smallest absolute Gasteiger partial charge is 0.408 e. The molecule has 0 spiro atoms. The number of carboxylic acids is 1. The first kappa shape index (κ1) is 48.0. The molecule has 0 saturated carbocycles. The van der Waals surface area contributed by atoms with Crippen molar-refractivity contribution in [3.63, 3.8) is 0 Å². The van der Waals surface area contributed by atoms with Crippen molar-refractivity contribution >= 4 is 35.7 Å². The minimum absolute atomic E-state index is 0.0182. The molecule has 62 heavy (non-hydrogen) atoms. The van der Waals surface area contributed by atoms with Gasteiger partial charge in [0, 0.05) is 12.8 Å². The van der Waals surface area contributed by atoms with Gasteiger partial charge in [0.2, 0.25) is 23.6 Å². The van der Waals surface area contributed by atoms with Gasteiger partial charge in [-0.15, -0.1) is 0 Å². The molecule has 0 heterocycles. The van der Waals surface area contributed by atoms with Crippen LogP contribution in [0.3, 0.4) is 0 Å². The largest absolute Gasteiger partial charge is 0.488 e. The molecule has 0 aliphatic carbocycles. The van der Waals surface area contributed by atoms with Crippen LogP contribution in [0.15, 0.2) is 115 Å². The molecule has 0 aliphatic heterocycles. The average molecular weight is 850 g/mol. The van der Waals surface area contributed by atoms with Crippen molar-refractivity contribution in [2.24, 2.45) is 0 Å². The highest BCUT2D eigenvalue weighted by Crippen LogP contribution is 2.37. The third kappa shape index (κ3) is 14.2. The molecule has 0 aromatic heterocycles. The molecular formula is C48H59N5O9. The van der Waals surface area contributed by atoms with Crippen LogP contribution >= 0.6 is 0 Å². The summed E-state index contributed by atoms with van der Waals surface area (Å²) in [5.74, 6) is -3.55. The highest BCUT2D eigenvalue weighted by molar-refractivity contribution is 5.96. The standard InChI is InChI=1S/C48H59N5O9/c1-45(2,3)61-36-26-24-32(25-27-36)30-38(51-44(60)62-46(4,5)6)42(58)53-47(7,8)43(59)50-37(41(57)49-31-40(55)56)28-29-39(54)52-48(33-18-12-9-13-19-33,34-20-14-10-15-21-34)35-22-16-11-17-23-35/h9-27,37-38H,28-31H2,1-8H3,(H,49,57)(H,50,59)(H,51,60)(H,52,54)(H,53,58)(H,55,56)/t37-,38-/m0/s1. The molecule has 330 valence electrons. The molecule has 5 amide bonds. The fourth-order valence-corrected chi connectivity index (χ4v) is 6.62. The number of benzene rings is 4. The molecule has 0 bridgehead atoms.